The first kappa shape index (κ1) is 22.9. The maximum Gasteiger partial charge on any atom is 0.274 e. The highest BCUT2D eigenvalue weighted by Crippen LogP contribution is 2.40. The minimum absolute atomic E-state index is 0.0249. The van der Waals surface area contributed by atoms with E-state index in [0.29, 0.717) is 24.5 Å². The Bertz CT molecular complexity index is 1440. The standard InChI is InChI=1S/C26H25FN4O4S/c1-26(25(35)29-9-2-10-29)14-30(17-7-8-17)24(34)20-22(33)21(32)19(13-31(20)26)23-28-12-18(36-23)11-15-3-5-16(27)6-4-15/h3-6,12-13,17,33H,2,7-11,14H2,1H3/t26-/m0/s1. The minimum atomic E-state index is -1.15. The number of aromatic nitrogens is 2. The van der Waals surface area contributed by atoms with Crippen molar-refractivity contribution in [3.63, 3.8) is 0 Å². The third-order valence-electron chi connectivity index (χ3n) is 7.32. The molecule has 2 aromatic heterocycles. The molecular formula is C26H25FN4O4S. The Morgan fingerprint density at radius 1 is 1.22 bits per heavy atom. The smallest absolute Gasteiger partial charge is 0.274 e. The van der Waals surface area contributed by atoms with Gasteiger partial charge in [0.25, 0.3) is 5.91 Å². The Kier molecular flexibility index (Phi) is 5.26. The number of fused-ring (bicyclic) bond motifs is 1. The molecule has 1 N–H and O–H groups in total. The number of rotatable bonds is 5. The normalized spacial score (nSPS) is 21.3. The lowest BCUT2D eigenvalue weighted by atomic mass is 9.92. The van der Waals surface area contributed by atoms with Gasteiger partial charge in [-0.2, -0.15) is 0 Å². The van der Waals surface area contributed by atoms with Crippen LogP contribution in [-0.4, -0.2) is 61.9 Å². The van der Waals surface area contributed by atoms with Gasteiger partial charge in [-0.05, 0) is 43.9 Å². The number of pyridine rings is 1. The second kappa shape index (κ2) is 8.26. The van der Waals surface area contributed by atoms with Crippen LogP contribution >= 0.6 is 11.3 Å². The van der Waals surface area contributed by atoms with Crippen LogP contribution < -0.4 is 5.43 Å². The number of nitrogens with zero attached hydrogens (tertiary/aromatic N) is 4. The van der Waals surface area contributed by atoms with Crippen LogP contribution in [-0.2, 0) is 16.8 Å². The highest BCUT2D eigenvalue weighted by molar-refractivity contribution is 7.15. The predicted molar refractivity (Wildman–Crippen MR) is 132 cm³/mol. The SMILES string of the molecule is C[C@@]1(C(=O)N2CCC2)CN(C2CC2)C(=O)c2c(O)c(=O)c(-c3ncc(Cc4ccc(F)cc4)s3)cn21. The molecule has 1 atom stereocenters. The summed E-state index contributed by atoms with van der Waals surface area (Å²) < 4.78 is 14.7. The lowest BCUT2D eigenvalue weighted by Crippen LogP contribution is -2.62. The van der Waals surface area contributed by atoms with Gasteiger partial charge in [0.1, 0.15) is 16.4 Å². The summed E-state index contributed by atoms with van der Waals surface area (Å²) in [5.74, 6) is -1.52. The molecule has 10 heteroatoms. The molecule has 0 bridgehead atoms. The quantitative estimate of drug-likeness (QED) is 0.572. The Labute approximate surface area is 210 Å². The van der Waals surface area contributed by atoms with Gasteiger partial charge in [0.05, 0.1) is 12.1 Å². The highest BCUT2D eigenvalue weighted by Gasteiger charge is 2.51. The van der Waals surface area contributed by atoms with E-state index in [9.17, 15) is 23.9 Å². The number of hydrogen-bond acceptors (Lipinski definition) is 6. The summed E-state index contributed by atoms with van der Waals surface area (Å²) in [6, 6.07) is 6.19. The first-order valence-electron chi connectivity index (χ1n) is 12.1. The van der Waals surface area contributed by atoms with Crippen molar-refractivity contribution in [1.29, 1.82) is 0 Å². The summed E-state index contributed by atoms with van der Waals surface area (Å²) in [5, 5.41) is 11.4. The molecule has 2 amide bonds. The molecule has 6 rings (SSSR count). The summed E-state index contributed by atoms with van der Waals surface area (Å²) in [5.41, 5.74) is -0.938. The van der Waals surface area contributed by atoms with Crippen molar-refractivity contribution in [2.45, 2.75) is 44.2 Å². The molecule has 8 nitrogen and oxygen atoms in total. The first-order chi connectivity index (χ1) is 17.3. The van der Waals surface area contributed by atoms with E-state index in [1.165, 1.54) is 34.2 Å². The summed E-state index contributed by atoms with van der Waals surface area (Å²) >= 11 is 1.29. The average molecular weight is 509 g/mol. The van der Waals surface area contributed by atoms with Gasteiger partial charge in [0.15, 0.2) is 11.4 Å². The zero-order chi connectivity index (χ0) is 25.2. The number of carbonyl (C=O) groups excluding carboxylic acids is 2. The van der Waals surface area contributed by atoms with Gasteiger partial charge in [-0.1, -0.05) is 12.1 Å². The van der Waals surface area contributed by atoms with E-state index in [1.54, 1.807) is 35.1 Å². The molecule has 0 spiro atoms. The van der Waals surface area contributed by atoms with Crippen molar-refractivity contribution < 1.29 is 19.1 Å². The maximum absolute atomic E-state index is 13.6. The van der Waals surface area contributed by atoms with Gasteiger partial charge in [-0.15, -0.1) is 11.3 Å². The monoisotopic (exact) mass is 508 g/mol. The molecule has 4 heterocycles. The number of aromatic hydroxyl groups is 1. The second-order valence-corrected chi connectivity index (χ2v) is 11.1. The van der Waals surface area contributed by atoms with E-state index in [4.69, 9.17) is 0 Å². The van der Waals surface area contributed by atoms with E-state index in [1.807, 2.05) is 0 Å². The van der Waals surface area contributed by atoms with Crippen molar-refractivity contribution >= 4 is 23.2 Å². The van der Waals surface area contributed by atoms with Crippen LogP contribution in [0.25, 0.3) is 10.6 Å². The highest BCUT2D eigenvalue weighted by atomic mass is 32.1. The summed E-state index contributed by atoms with van der Waals surface area (Å²) in [6.45, 7) is 3.27. The molecule has 1 aliphatic carbocycles. The molecule has 0 radical (unpaired) electrons. The third-order valence-corrected chi connectivity index (χ3v) is 8.35. The molecule has 1 aromatic carbocycles. The fraction of sp³-hybridized carbons (Fsp3) is 0.385. The fourth-order valence-corrected chi connectivity index (χ4v) is 5.95. The fourth-order valence-electron chi connectivity index (χ4n) is 4.99. The molecule has 2 fully saturated rings. The Balaban J connectivity index is 1.43. The van der Waals surface area contributed by atoms with Crippen LogP contribution in [0.15, 0.2) is 41.5 Å². The van der Waals surface area contributed by atoms with Gasteiger partial charge < -0.3 is 19.5 Å². The zero-order valence-corrected chi connectivity index (χ0v) is 20.6. The number of amides is 2. The number of benzene rings is 1. The lowest BCUT2D eigenvalue weighted by molar-refractivity contribution is -0.145. The van der Waals surface area contributed by atoms with E-state index in [-0.39, 0.29) is 35.6 Å². The molecular weight excluding hydrogens is 483 g/mol. The van der Waals surface area contributed by atoms with Crippen molar-refractivity contribution in [3.05, 3.63) is 68.8 Å². The third kappa shape index (κ3) is 3.62. The Hall–Kier alpha value is -3.53. The van der Waals surface area contributed by atoms with Crippen LogP contribution in [0.2, 0.25) is 0 Å². The summed E-state index contributed by atoms with van der Waals surface area (Å²) in [4.78, 5) is 48.9. The Morgan fingerprint density at radius 3 is 2.58 bits per heavy atom. The summed E-state index contributed by atoms with van der Waals surface area (Å²) in [6.07, 6.45) is 6.29. The van der Waals surface area contributed by atoms with Crippen LogP contribution in [0.5, 0.6) is 5.75 Å². The van der Waals surface area contributed by atoms with Gasteiger partial charge in [-0.3, -0.25) is 14.4 Å². The molecule has 36 heavy (non-hydrogen) atoms. The van der Waals surface area contributed by atoms with Crippen LogP contribution in [0, 0.1) is 5.82 Å². The van der Waals surface area contributed by atoms with E-state index < -0.39 is 22.6 Å². The molecule has 3 aromatic rings. The second-order valence-electron chi connectivity index (χ2n) is 9.96. The Morgan fingerprint density at radius 2 is 1.94 bits per heavy atom. The predicted octanol–water partition coefficient (Wildman–Crippen LogP) is 2.97. The number of halogens is 1. The van der Waals surface area contributed by atoms with Gasteiger partial charge in [0.2, 0.25) is 11.3 Å². The largest absolute Gasteiger partial charge is 0.503 e. The molecule has 186 valence electrons. The van der Waals surface area contributed by atoms with E-state index >= 15 is 0 Å². The lowest BCUT2D eigenvalue weighted by Gasteiger charge is -2.46. The molecule has 1 saturated heterocycles. The number of carbonyl (C=O) groups is 2. The van der Waals surface area contributed by atoms with Crippen LogP contribution in [0.4, 0.5) is 4.39 Å². The molecule has 1 saturated carbocycles. The van der Waals surface area contributed by atoms with Gasteiger partial charge in [0, 0.05) is 42.8 Å². The molecule has 2 aliphatic heterocycles. The number of thiazole rings is 1. The number of likely N-dealkylation sites (tertiary alicyclic amines) is 1. The number of hydrogen-bond donors (Lipinski definition) is 1. The summed E-state index contributed by atoms with van der Waals surface area (Å²) in [7, 11) is 0. The van der Waals surface area contributed by atoms with E-state index in [0.717, 1.165) is 29.7 Å². The van der Waals surface area contributed by atoms with Crippen molar-refractivity contribution in [2.75, 3.05) is 19.6 Å². The maximum atomic E-state index is 13.6. The van der Waals surface area contributed by atoms with Crippen molar-refractivity contribution in [3.8, 4) is 16.3 Å². The minimum Gasteiger partial charge on any atom is -0.503 e. The average Bonchev–Trinajstić information content (AvgIpc) is 3.57. The molecule has 0 unspecified atom stereocenters. The van der Waals surface area contributed by atoms with Crippen molar-refractivity contribution in [2.24, 2.45) is 0 Å². The molecule has 3 aliphatic rings. The van der Waals surface area contributed by atoms with Gasteiger partial charge in [-0.25, -0.2) is 9.37 Å². The van der Waals surface area contributed by atoms with Crippen LogP contribution in [0.3, 0.4) is 0 Å². The topological polar surface area (TPSA) is 95.7 Å². The van der Waals surface area contributed by atoms with E-state index in [2.05, 4.69) is 4.98 Å². The zero-order valence-electron chi connectivity index (χ0n) is 19.7. The first-order valence-corrected chi connectivity index (χ1v) is 12.9. The van der Waals surface area contributed by atoms with Gasteiger partial charge >= 0.3 is 0 Å². The van der Waals surface area contributed by atoms with Crippen LogP contribution in [0.1, 0.15) is 47.1 Å². The van der Waals surface area contributed by atoms with Crippen molar-refractivity contribution in [1.82, 2.24) is 19.4 Å².